The molecule has 0 aliphatic carbocycles. The van der Waals surface area contributed by atoms with Crippen molar-refractivity contribution in [1.29, 1.82) is 0 Å². The minimum Gasteiger partial charge on any atom is -0.467 e. The Morgan fingerprint density at radius 3 is 2.79 bits per heavy atom. The van der Waals surface area contributed by atoms with Crippen LogP contribution < -0.4 is 5.32 Å². The lowest BCUT2D eigenvalue weighted by Crippen LogP contribution is -2.33. The standard InChI is InChI=1S/C18H19FN2O3/c19-15-5-3-13(4-6-15)7-8-21-12-14(10-17(21)22)18(23)20-11-16-2-1-9-24-16/h1-6,9,14H,7-8,10-12H2,(H,20,23)/t14-/m0/s1. The van der Waals surface area contributed by atoms with Gasteiger partial charge in [-0.1, -0.05) is 12.1 Å². The van der Waals surface area contributed by atoms with E-state index in [1.54, 1.807) is 35.4 Å². The first-order valence-electron chi connectivity index (χ1n) is 7.94. The summed E-state index contributed by atoms with van der Waals surface area (Å²) in [6.45, 7) is 1.28. The fourth-order valence-corrected chi connectivity index (χ4v) is 2.81. The molecule has 5 nitrogen and oxygen atoms in total. The second-order valence-corrected chi connectivity index (χ2v) is 5.91. The Morgan fingerprint density at radius 1 is 1.29 bits per heavy atom. The molecule has 0 unspecified atom stereocenters. The maximum atomic E-state index is 12.9. The molecular formula is C18H19FN2O3. The van der Waals surface area contributed by atoms with Gasteiger partial charge in [-0.05, 0) is 36.2 Å². The summed E-state index contributed by atoms with van der Waals surface area (Å²) in [4.78, 5) is 25.9. The molecule has 1 atom stereocenters. The summed E-state index contributed by atoms with van der Waals surface area (Å²) in [7, 11) is 0. The average Bonchev–Trinajstić information content (AvgIpc) is 3.22. The summed E-state index contributed by atoms with van der Waals surface area (Å²) in [6, 6.07) is 9.79. The second kappa shape index (κ2) is 7.29. The lowest BCUT2D eigenvalue weighted by molar-refractivity contribution is -0.129. The highest BCUT2D eigenvalue weighted by atomic mass is 19.1. The van der Waals surface area contributed by atoms with Gasteiger partial charge in [0, 0.05) is 19.5 Å². The van der Waals surface area contributed by atoms with Crippen molar-refractivity contribution in [3.8, 4) is 0 Å². The smallest absolute Gasteiger partial charge is 0.225 e. The number of furan rings is 1. The van der Waals surface area contributed by atoms with Gasteiger partial charge in [0.1, 0.15) is 11.6 Å². The van der Waals surface area contributed by atoms with Gasteiger partial charge in [0.15, 0.2) is 0 Å². The van der Waals surface area contributed by atoms with Gasteiger partial charge in [0.2, 0.25) is 11.8 Å². The fourth-order valence-electron chi connectivity index (χ4n) is 2.81. The molecule has 1 N–H and O–H groups in total. The molecule has 2 aromatic rings. The molecule has 0 spiro atoms. The normalized spacial score (nSPS) is 17.3. The molecule has 1 aliphatic heterocycles. The van der Waals surface area contributed by atoms with E-state index in [9.17, 15) is 14.0 Å². The molecule has 24 heavy (non-hydrogen) atoms. The molecule has 1 aliphatic rings. The molecule has 1 aromatic heterocycles. The molecule has 2 amide bonds. The molecule has 2 heterocycles. The summed E-state index contributed by atoms with van der Waals surface area (Å²) in [5, 5.41) is 2.79. The minimum absolute atomic E-state index is 0.0183. The Kier molecular flexibility index (Phi) is 4.93. The number of hydrogen-bond acceptors (Lipinski definition) is 3. The molecule has 0 saturated carbocycles. The van der Waals surface area contributed by atoms with Crippen LogP contribution in [-0.4, -0.2) is 29.8 Å². The summed E-state index contributed by atoms with van der Waals surface area (Å²) in [5.74, 6) is -0.0786. The quantitative estimate of drug-likeness (QED) is 0.882. The largest absolute Gasteiger partial charge is 0.467 e. The van der Waals surface area contributed by atoms with Gasteiger partial charge in [-0.2, -0.15) is 0 Å². The van der Waals surface area contributed by atoms with Gasteiger partial charge in [-0.3, -0.25) is 9.59 Å². The first kappa shape index (κ1) is 16.2. The maximum absolute atomic E-state index is 12.9. The maximum Gasteiger partial charge on any atom is 0.225 e. The van der Waals surface area contributed by atoms with Crippen LogP contribution in [0.3, 0.4) is 0 Å². The van der Waals surface area contributed by atoms with Crippen molar-refractivity contribution in [3.05, 3.63) is 59.8 Å². The van der Waals surface area contributed by atoms with Crippen molar-refractivity contribution < 1.29 is 18.4 Å². The Balaban J connectivity index is 1.47. The Bertz CT molecular complexity index is 698. The van der Waals surface area contributed by atoms with Gasteiger partial charge >= 0.3 is 0 Å². The van der Waals surface area contributed by atoms with E-state index in [0.717, 1.165) is 5.56 Å². The predicted octanol–water partition coefficient (Wildman–Crippen LogP) is 2.13. The number of hydrogen-bond donors (Lipinski definition) is 1. The lowest BCUT2D eigenvalue weighted by Gasteiger charge is -2.16. The summed E-state index contributed by atoms with van der Waals surface area (Å²) >= 11 is 0. The number of halogens is 1. The highest BCUT2D eigenvalue weighted by Crippen LogP contribution is 2.19. The van der Waals surface area contributed by atoms with Crippen molar-refractivity contribution in [1.82, 2.24) is 10.2 Å². The monoisotopic (exact) mass is 330 g/mol. The van der Waals surface area contributed by atoms with E-state index in [0.29, 0.717) is 31.8 Å². The first-order valence-corrected chi connectivity index (χ1v) is 7.94. The number of benzene rings is 1. The van der Waals surface area contributed by atoms with E-state index in [4.69, 9.17) is 4.42 Å². The zero-order valence-corrected chi connectivity index (χ0v) is 13.2. The molecule has 6 heteroatoms. The number of rotatable bonds is 6. The van der Waals surface area contributed by atoms with Gasteiger partial charge in [0.05, 0.1) is 18.7 Å². The molecular weight excluding hydrogens is 311 g/mol. The van der Waals surface area contributed by atoms with E-state index in [1.165, 1.54) is 12.1 Å². The molecule has 0 bridgehead atoms. The van der Waals surface area contributed by atoms with Crippen LogP contribution in [0.1, 0.15) is 17.7 Å². The third-order valence-corrected chi connectivity index (χ3v) is 4.19. The number of carbonyl (C=O) groups is 2. The number of carbonyl (C=O) groups excluding carboxylic acids is 2. The highest BCUT2D eigenvalue weighted by Gasteiger charge is 2.33. The van der Waals surface area contributed by atoms with Crippen molar-refractivity contribution in [2.45, 2.75) is 19.4 Å². The molecule has 1 aromatic carbocycles. The van der Waals surface area contributed by atoms with Crippen LogP contribution in [0.4, 0.5) is 4.39 Å². The van der Waals surface area contributed by atoms with E-state index in [2.05, 4.69) is 5.32 Å². The van der Waals surface area contributed by atoms with E-state index >= 15 is 0 Å². The summed E-state index contributed by atoms with van der Waals surface area (Å²) in [5.41, 5.74) is 0.968. The number of amides is 2. The molecule has 3 rings (SSSR count). The number of nitrogens with one attached hydrogen (secondary N) is 1. The Morgan fingerprint density at radius 2 is 2.08 bits per heavy atom. The van der Waals surface area contributed by atoms with Crippen LogP contribution in [0.25, 0.3) is 0 Å². The lowest BCUT2D eigenvalue weighted by atomic mass is 10.1. The Hall–Kier alpha value is -2.63. The second-order valence-electron chi connectivity index (χ2n) is 5.91. The Labute approximate surface area is 139 Å². The van der Waals surface area contributed by atoms with Crippen LogP contribution in [0.15, 0.2) is 47.1 Å². The zero-order valence-electron chi connectivity index (χ0n) is 13.2. The topological polar surface area (TPSA) is 62.6 Å². The summed E-state index contributed by atoms with van der Waals surface area (Å²) in [6.07, 6.45) is 2.43. The highest BCUT2D eigenvalue weighted by molar-refractivity contribution is 5.89. The molecule has 126 valence electrons. The van der Waals surface area contributed by atoms with Crippen LogP contribution in [0.5, 0.6) is 0 Å². The average molecular weight is 330 g/mol. The van der Waals surface area contributed by atoms with Crippen LogP contribution in [-0.2, 0) is 22.6 Å². The van der Waals surface area contributed by atoms with Crippen molar-refractivity contribution in [2.24, 2.45) is 5.92 Å². The van der Waals surface area contributed by atoms with Crippen molar-refractivity contribution in [2.75, 3.05) is 13.1 Å². The zero-order chi connectivity index (χ0) is 16.9. The van der Waals surface area contributed by atoms with E-state index in [1.807, 2.05) is 0 Å². The third-order valence-electron chi connectivity index (χ3n) is 4.19. The minimum atomic E-state index is -0.333. The van der Waals surface area contributed by atoms with Crippen molar-refractivity contribution in [3.63, 3.8) is 0 Å². The van der Waals surface area contributed by atoms with Gasteiger partial charge in [0.25, 0.3) is 0 Å². The van der Waals surface area contributed by atoms with Crippen molar-refractivity contribution >= 4 is 11.8 Å². The fraction of sp³-hybridized carbons (Fsp3) is 0.333. The molecule has 1 fully saturated rings. The summed E-state index contributed by atoms with van der Waals surface area (Å²) < 4.78 is 18.1. The first-order chi connectivity index (χ1) is 11.6. The number of likely N-dealkylation sites (tertiary alicyclic amines) is 1. The van der Waals surface area contributed by atoms with Crippen LogP contribution in [0, 0.1) is 11.7 Å². The SMILES string of the molecule is O=C(NCc1ccco1)[C@H]1CC(=O)N(CCc2ccc(F)cc2)C1. The van der Waals surface area contributed by atoms with Gasteiger partial charge < -0.3 is 14.6 Å². The van der Waals surface area contributed by atoms with Gasteiger partial charge in [-0.25, -0.2) is 4.39 Å². The molecule has 1 saturated heterocycles. The van der Waals surface area contributed by atoms with Gasteiger partial charge in [-0.15, -0.1) is 0 Å². The van der Waals surface area contributed by atoms with Crippen LogP contribution in [0.2, 0.25) is 0 Å². The van der Waals surface area contributed by atoms with E-state index < -0.39 is 0 Å². The third kappa shape index (κ3) is 4.01. The predicted molar refractivity (Wildman–Crippen MR) is 85.3 cm³/mol. The number of nitrogens with zero attached hydrogens (tertiary/aromatic N) is 1. The van der Waals surface area contributed by atoms with Crippen LogP contribution >= 0.6 is 0 Å². The molecule has 0 radical (unpaired) electrons. The van der Waals surface area contributed by atoms with E-state index in [-0.39, 0.29) is 30.0 Å².